The van der Waals surface area contributed by atoms with Crippen molar-refractivity contribution in [3.63, 3.8) is 0 Å². The molecule has 8 atom stereocenters. The Morgan fingerprint density at radius 1 is 1.37 bits per heavy atom. The zero-order chi connectivity index (χ0) is 21.3. The fraction of sp³-hybridized carbons (Fsp3) is 0.727. The minimum atomic E-state index is -1.16. The third-order valence-corrected chi connectivity index (χ3v) is 8.38. The zero-order valence-electron chi connectivity index (χ0n) is 17.2. The highest BCUT2D eigenvalue weighted by Crippen LogP contribution is 2.71. The lowest BCUT2D eigenvalue weighted by atomic mass is 9.42. The summed E-state index contributed by atoms with van der Waals surface area (Å²) < 4.78 is 22.4. The van der Waals surface area contributed by atoms with Gasteiger partial charge >= 0.3 is 5.97 Å². The van der Waals surface area contributed by atoms with E-state index in [0.29, 0.717) is 25.7 Å². The molecule has 2 aliphatic heterocycles. The first-order chi connectivity index (χ1) is 14.3. The number of aliphatic hydroxyl groups is 2. The number of ether oxygens (including phenoxy) is 3. The summed E-state index contributed by atoms with van der Waals surface area (Å²) >= 11 is 0. The number of esters is 1. The van der Waals surface area contributed by atoms with E-state index in [1.807, 2.05) is 13.0 Å². The van der Waals surface area contributed by atoms with Crippen LogP contribution in [-0.2, 0) is 23.8 Å². The number of rotatable bonds is 3. The summed E-state index contributed by atoms with van der Waals surface area (Å²) in [5, 5.41) is 22.6. The Morgan fingerprint density at radius 2 is 2.13 bits per heavy atom. The van der Waals surface area contributed by atoms with E-state index < -0.39 is 34.8 Å². The second-order valence-corrected chi connectivity index (χ2v) is 9.45. The molecule has 3 heterocycles. The lowest BCUT2D eigenvalue weighted by Crippen LogP contribution is -2.70. The number of ketones is 1. The summed E-state index contributed by atoms with van der Waals surface area (Å²) in [5.74, 6) is -0.917. The molecule has 1 aromatic heterocycles. The second-order valence-electron chi connectivity index (χ2n) is 9.45. The van der Waals surface area contributed by atoms with Gasteiger partial charge in [0.1, 0.15) is 6.61 Å². The summed E-state index contributed by atoms with van der Waals surface area (Å²) in [6.07, 6.45) is 2.52. The molecule has 4 fully saturated rings. The Kier molecular flexibility index (Phi) is 4.46. The van der Waals surface area contributed by atoms with Crippen molar-refractivity contribution in [2.24, 2.45) is 22.7 Å². The molecular formula is C22H28O8. The van der Waals surface area contributed by atoms with Crippen molar-refractivity contribution in [3.05, 3.63) is 24.2 Å². The highest BCUT2D eigenvalue weighted by atomic mass is 16.6. The molecule has 2 saturated carbocycles. The van der Waals surface area contributed by atoms with Crippen molar-refractivity contribution < 1.29 is 38.4 Å². The summed E-state index contributed by atoms with van der Waals surface area (Å²) in [6, 6.07) is 1.82. The van der Waals surface area contributed by atoms with Crippen LogP contribution in [0.15, 0.2) is 23.0 Å². The molecule has 0 bridgehead atoms. The maximum atomic E-state index is 13.0. The van der Waals surface area contributed by atoms with Gasteiger partial charge < -0.3 is 28.8 Å². The van der Waals surface area contributed by atoms with E-state index in [4.69, 9.17) is 18.6 Å². The summed E-state index contributed by atoms with van der Waals surface area (Å²) in [4.78, 5) is 24.7. The molecule has 4 aliphatic rings. The van der Waals surface area contributed by atoms with Gasteiger partial charge in [0.15, 0.2) is 17.7 Å². The van der Waals surface area contributed by atoms with Crippen molar-refractivity contribution in [1.82, 2.24) is 0 Å². The molecule has 2 saturated heterocycles. The van der Waals surface area contributed by atoms with E-state index in [0.717, 1.165) is 5.56 Å². The fourth-order valence-corrected chi connectivity index (χ4v) is 6.84. The van der Waals surface area contributed by atoms with Crippen molar-refractivity contribution in [1.29, 1.82) is 0 Å². The molecule has 0 aromatic carbocycles. The third kappa shape index (κ3) is 2.42. The average molecular weight is 420 g/mol. The van der Waals surface area contributed by atoms with Crippen LogP contribution in [0.4, 0.5) is 0 Å². The van der Waals surface area contributed by atoms with Gasteiger partial charge in [-0.15, -0.1) is 0 Å². The predicted octanol–water partition coefficient (Wildman–Crippen LogP) is 1.74. The number of epoxide rings is 1. The number of Topliss-reactive ketones (excluding diaryl/α,β-unsaturated/α-hetero) is 1. The summed E-state index contributed by atoms with van der Waals surface area (Å²) in [7, 11) is 0. The maximum Gasteiger partial charge on any atom is 0.302 e. The Hall–Kier alpha value is -1.74. The number of furan rings is 1. The first kappa shape index (κ1) is 20.2. The van der Waals surface area contributed by atoms with Gasteiger partial charge in [-0.2, -0.15) is 0 Å². The maximum absolute atomic E-state index is 13.0. The molecule has 1 aromatic rings. The SMILES string of the molecule is CC(=O)OCC12C(O)CC(C)C3(CC(c4ccoc4)OC3O)C1CCC(=O)C21CO1. The van der Waals surface area contributed by atoms with Gasteiger partial charge in [0, 0.05) is 24.3 Å². The first-order valence-electron chi connectivity index (χ1n) is 10.6. The largest absolute Gasteiger partial charge is 0.472 e. The van der Waals surface area contributed by atoms with E-state index in [-0.39, 0.29) is 36.9 Å². The predicted molar refractivity (Wildman–Crippen MR) is 101 cm³/mol. The van der Waals surface area contributed by atoms with Crippen LogP contribution < -0.4 is 0 Å². The van der Waals surface area contributed by atoms with Gasteiger partial charge in [-0.05, 0) is 37.2 Å². The summed E-state index contributed by atoms with van der Waals surface area (Å²) in [5.41, 5.74) is -2.12. The van der Waals surface area contributed by atoms with Gasteiger partial charge in [-0.25, -0.2) is 0 Å². The van der Waals surface area contributed by atoms with Gasteiger partial charge in [0.25, 0.3) is 0 Å². The Morgan fingerprint density at radius 3 is 2.77 bits per heavy atom. The smallest absolute Gasteiger partial charge is 0.302 e. The zero-order valence-corrected chi connectivity index (χ0v) is 17.2. The number of hydrogen-bond acceptors (Lipinski definition) is 8. The molecule has 5 rings (SSSR count). The monoisotopic (exact) mass is 420 g/mol. The Balaban J connectivity index is 1.61. The fourth-order valence-electron chi connectivity index (χ4n) is 6.84. The molecule has 2 spiro atoms. The molecule has 0 radical (unpaired) electrons. The Labute approximate surface area is 174 Å². The second kappa shape index (κ2) is 6.63. The topological polar surface area (TPSA) is 119 Å². The molecule has 8 unspecified atom stereocenters. The third-order valence-electron chi connectivity index (χ3n) is 8.38. The molecule has 8 heteroatoms. The van der Waals surface area contributed by atoms with Crippen LogP contribution in [0.25, 0.3) is 0 Å². The number of fused-ring (bicyclic) bond motifs is 3. The minimum absolute atomic E-state index is 0.0607. The van der Waals surface area contributed by atoms with Gasteiger partial charge in [-0.3, -0.25) is 9.59 Å². The van der Waals surface area contributed by atoms with Crippen molar-refractivity contribution in [3.8, 4) is 0 Å². The first-order valence-corrected chi connectivity index (χ1v) is 10.6. The number of aliphatic hydroxyl groups excluding tert-OH is 2. The Bertz CT molecular complexity index is 845. The lowest BCUT2D eigenvalue weighted by molar-refractivity contribution is -0.255. The van der Waals surface area contributed by atoms with E-state index in [1.165, 1.54) is 6.92 Å². The molecule has 2 aliphatic carbocycles. The average Bonchev–Trinajstić information content (AvgIpc) is 3.16. The highest BCUT2D eigenvalue weighted by molar-refractivity contribution is 5.92. The van der Waals surface area contributed by atoms with Crippen molar-refractivity contribution in [2.45, 2.75) is 63.6 Å². The van der Waals surface area contributed by atoms with E-state index in [2.05, 4.69) is 0 Å². The van der Waals surface area contributed by atoms with Crippen molar-refractivity contribution in [2.75, 3.05) is 13.2 Å². The normalized spacial score (nSPS) is 47.5. The van der Waals surface area contributed by atoms with E-state index in [1.54, 1.807) is 12.5 Å². The van der Waals surface area contributed by atoms with Gasteiger partial charge in [0.2, 0.25) is 0 Å². The molecule has 164 valence electrons. The highest BCUT2D eigenvalue weighted by Gasteiger charge is 2.79. The van der Waals surface area contributed by atoms with E-state index >= 15 is 0 Å². The molecule has 2 N–H and O–H groups in total. The van der Waals surface area contributed by atoms with Crippen LogP contribution in [-0.4, -0.2) is 53.2 Å². The lowest BCUT2D eigenvalue weighted by Gasteiger charge is -2.62. The standard InChI is InChI=1S/C22H28O8/c1-12-7-18(25)21(10-28-13(2)23)16(3-4-17(24)22(21)11-29-22)20(12)8-15(30-19(20)26)14-5-6-27-9-14/h5-6,9,12,15-16,18-19,25-26H,3-4,7-8,10-11H2,1-2H3. The van der Waals surface area contributed by atoms with Crippen LogP contribution in [0.3, 0.4) is 0 Å². The van der Waals surface area contributed by atoms with E-state index in [9.17, 15) is 19.8 Å². The van der Waals surface area contributed by atoms with Crippen LogP contribution >= 0.6 is 0 Å². The number of carbonyl (C=O) groups excluding carboxylic acids is 2. The van der Waals surface area contributed by atoms with Crippen LogP contribution in [0, 0.1) is 22.7 Å². The molecule has 30 heavy (non-hydrogen) atoms. The quantitative estimate of drug-likeness (QED) is 0.561. The van der Waals surface area contributed by atoms with Gasteiger partial charge in [-0.1, -0.05) is 6.92 Å². The van der Waals surface area contributed by atoms with Crippen LogP contribution in [0.2, 0.25) is 0 Å². The van der Waals surface area contributed by atoms with Crippen LogP contribution in [0.1, 0.15) is 51.2 Å². The van der Waals surface area contributed by atoms with Crippen LogP contribution in [0.5, 0.6) is 0 Å². The summed E-state index contributed by atoms with van der Waals surface area (Å²) in [6.45, 7) is 3.41. The molecule has 0 amide bonds. The number of hydrogen-bond donors (Lipinski definition) is 2. The minimum Gasteiger partial charge on any atom is -0.472 e. The van der Waals surface area contributed by atoms with Gasteiger partial charge in [0.05, 0.1) is 36.8 Å². The van der Waals surface area contributed by atoms with Crippen molar-refractivity contribution >= 4 is 11.8 Å². The number of carbonyl (C=O) groups is 2. The molecule has 8 nitrogen and oxygen atoms in total. The molecular weight excluding hydrogens is 392 g/mol.